The number of nitrogens with two attached hydrogens (primary N) is 2. The summed E-state index contributed by atoms with van der Waals surface area (Å²) >= 11 is 0. The Morgan fingerprint density at radius 1 is 1.23 bits per heavy atom. The number of nitrogens with zero attached hydrogens (tertiary/aromatic N) is 2. The van der Waals surface area contributed by atoms with Gasteiger partial charge in [0.15, 0.2) is 0 Å². The minimum Gasteiger partial charge on any atom is -0.496 e. The Morgan fingerprint density at radius 2 is 2.00 bits per heavy atom. The first-order chi connectivity index (χ1) is 16.7. The van der Waals surface area contributed by atoms with Crippen molar-refractivity contribution in [3.63, 3.8) is 0 Å². The Balaban J connectivity index is 1.63. The summed E-state index contributed by atoms with van der Waals surface area (Å²) in [6.45, 7) is 0.366. The normalized spacial score (nSPS) is 15.3. The number of aromatic nitrogens is 2. The van der Waals surface area contributed by atoms with Gasteiger partial charge in [0.25, 0.3) is 11.8 Å². The second kappa shape index (κ2) is 9.66. The lowest BCUT2D eigenvalue weighted by Gasteiger charge is -2.11. The summed E-state index contributed by atoms with van der Waals surface area (Å²) in [6, 6.07) is 4.81. The zero-order valence-corrected chi connectivity index (χ0v) is 18.6. The lowest BCUT2D eigenvalue weighted by molar-refractivity contribution is 0.0945. The summed E-state index contributed by atoms with van der Waals surface area (Å²) in [7, 11) is 1.31. The van der Waals surface area contributed by atoms with Crippen LogP contribution in [-0.2, 0) is 11.3 Å². The van der Waals surface area contributed by atoms with E-state index in [0.717, 1.165) is 24.3 Å². The van der Waals surface area contributed by atoms with Crippen molar-refractivity contribution in [2.24, 2.45) is 5.73 Å². The van der Waals surface area contributed by atoms with Crippen LogP contribution in [0, 0.1) is 17.5 Å². The molecule has 1 aliphatic rings. The highest BCUT2D eigenvalue weighted by Gasteiger charge is 2.29. The third kappa shape index (κ3) is 4.64. The van der Waals surface area contributed by atoms with Crippen molar-refractivity contribution in [2.75, 3.05) is 26.1 Å². The van der Waals surface area contributed by atoms with Gasteiger partial charge >= 0.3 is 0 Å². The van der Waals surface area contributed by atoms with Crippen LogP contribution in [-0.4, -0.2) is 41.9 Å². The van der Waals surface area contributed by atoms with Gasteiger partial charge in [0.2, 0.25) is 0 Å². The number of ether oxygens (including phenoxy) is 2. The fourth-order valence-corrected chi connectivity index (χ4v) is 3.91. The number of carbonyl (C=O) groups excluding carboxylic acids is 2. The Bertz CT molecular complexity index is 1300. The number of hydrogen-bond acceptors (Lipinski definition) is 6. The molecule has 184 valence electrons. The Morgan fingerprint density at radius 3 is 2.66 bits per heavy atom. The number of hydrogen-bond donors (Lipinski definition) is 3. The second-order valence-corrected chi connectivity index (χ2v) is 7.89. The number of nitrogen functional groups attached to an aromatic ring is 1. The number of primary amides is 1. The maximum Gasteiger partial charge on any atom is 0.255 e. The molecule has 35 heavy (non-hydrogen) atoms. The quantitative estimate of drug-likeness (QED) is 0.467. The van der Waals surface area contributed by atoms with Crippen LogP contribution in [0.4, 0.5) is 19.0 Å². The minimum atomic E-state index is -0.942. The molecule has 1 aromatic heterocycles. The molecule has 0 aliphatic carbocycles. The SMILES string of the molecule is COc1ccc(F)cc1C(=O)NCc1cc(F)c(-c2nn(C3CCOC3)c(N)c2C(N)=O)cc1F. The van der Waals surface area contributed by atoms with Crippen molar-refractivity contribution < 1.29 is 32.2 Å². The average molecular weight is 489 g/mol. The highest BCUT2D eigenvalue weighted by molar-refractivity contribution is 6.03. The van der Waals surface area contributed by atoms with Gasteiger partial charge < -0.3 is 26.3 Å². The molecule has 4 rings (SSSR count). The molecular weight excluding hydrogens is 467 g/mol. The van der Waals surface area contributed by atoms with Crippen LogP contribution in [0.15, 0.2) is 30.3 Å². The van der Waals surface area contributed by atoms with Crippen LogP contribution in [0.5, 0.6) is 5.75 Å². The number of halogens is 3. The number of benzene rings is 2. The first-order valence-electron chi connectivity index (χ1n) is 10.6. The van der Waals surface area contributed by atoms with Crippen LogP contribution in [0.3, 0.4) is 0 Å². The highest BCUT2D eigenvalue weighted by atomic mass is 19.1. The largest absolute Gasteiger partial charge is 0.496 e. The molecule has 2 aromatic carbocycles. The van der Waals surface area contributed by atoms with Gasteiger partial charge in [-0.3, -0.25) is 9.59 Å². The summed E-state index contributed by atoms with van der Waals surface area (Å²) in [5.41, 5.74) is 10.5. The number of carbonyl (C=O) groups is 2. The number of amides is 2. The smallest absolute Gasteiger partial charge is 0.255 e. The summed E-state index contributed by atoms with van der Waals surface area (Å²) in [5.74, 6) is -4.08. The van der Waals surface area contributed by atoms with Crippen LogP contribution >= 0.6 is 0 Å². The lowest BCUT2D eigenvalue weighted by atomic mass is 10.0. The molecule has 3 aromatic rings. The molecule has 12 heteroatoms. The van der Waals surface area contributed by atoms with Crippen molar-refractivity contribution in [3.8, 4) is 17.0 Å². The van der Waals surface area contributed by atoms with E-state index in [1.165, 1.54) is 17.9 Å². The molecule has 0 spiro atoms. The van der Waals surface area contributed by atoms with E-state index in [-0.39, 0.29) is 45.6 Å². The van der Waals surface area contributed by atoms with Crippen molar-refractivity contribution >= 4 is 17.6 Å². The number of nitrogens with one attached hydrogen (secondary N) is 1. The van der Waals surface area contributed by atoms with Crippen molar-refractivity contribution in [2.45, 2.75) is 19.0 Å². The second-order valence-electron chi connectivity index (χ2n) is 7.89. The van der Waals surface area contributed by atoms with Crippen molar-refractivity contribution in [3.05, 3.63) is 64.5 Å². The number of methoxy groups -OCH3 is 1. The van der Waals surface area contributed by atoms with Gasteiger partial charge in [-0.2, -0.15) is 5.10 Å². The lowest BCUT2D eigenvalue weighted by Crippen LogP contribution is -2.24. The van der Waals surface area contributed by atoms with E-state index in [1.807, 2.05) is 0 Å². The van der Waals surface area contributed by atoms with Crippen LogP contribution in [0.25, 0.3) is 11.3 Å². The first kappa shape index (κ1) is 24.1. The third-order valence-corrected chi connectivity index (χ3v) is 5.68. The molecule has 1 aliphatic heterocycles. The van der Waals surface area contributed by atoms with E-state index in [9.17, 15) is 18.4 Å². The van der Waals surface area contributed by atoms with Crippen LogP contribution < -0.4 is 21.5 Å². The predicted octanol–water partition coefficient (Wildman–Crippen LogP) is 2.55. The minimum absolute atomic E-state index is 0.0665. The van der Waals surface area contributed by atoms with Gasteiger partial charge in [-0.05, 0) is 36.8 Å². The van der Waals surface area contributed by atoms with Gasteiger partial charge in [-0.1, -0.05) is 0 Å². The predicted molar refractivity (Wildman–Crippen MR) is 119 cm³/mol. The first-order valence-corrected chi connectivity index (χ1v) is 10.6. The maximum atomic E-state index is 15.1. The van der Waals surface area contributed by atoms with E-state index in [2.05, 4.69) is 10.4 Å². The molecular formula is C23H22F3N5O4. The van der Waals surface area contributed by atoms with Gasteiger partial charge in [-0.15, -0.1) is 0 Å². The molecule has 2 amide bonds. The zero-order chi connectivity index (χ0) is 25.3. The summed E-state index contributed by atoms with van der Waals surface area (Å²) < 4.78 is 55.2. The monoisotopic (exact) mass is 489 g/mol. The van der Waals surface area contributed by atoms with Crippen molar-refractivity contribution in [1.82, 2.24) is 15.1 Å². The number of rotatable bonds is 7. The number of anilines is 1. The molecule has 2 heterocycles. The molecule has 1 unspecified atom stereocenters. The van der Waals surface area contributed by atoms with Crippen LogP contribution in [0.2, 0.25) is 0 Å². The average Bonchev–Trinajstić information content (AvgIpc) is 3.46. The Labute approximate surface area is 197 Å². The van der Waals surface area contributed by atoms with E-state index in [4.69, 9.17) is 20.9 Å². The summed E-state index contributed by atoms with van der Waals surface area (Å²) in [4.78, 5) is 24.5. The molecule has 1 atom stereocenters. The summed E-state index contributed by atoms with van der Waals surface area (Å²) in [5, 5.41) is 6.65. The van der Waals surface area contributed by atoms with E-state index in [1.54, 1.807) is 0 Å². The van der Waals surface area contributed by atoms with Gasteiger partial charge in [0, 0.05) is 24.3 Å². The van der Waals surface area contributed by atoms with E-state index >= 15 is 4.39 Å². The highest BCUT2D eigenvalue weighted by Crippen LogP contribution is 2.33. The molecule has 9 nitrogen and oxygen atoms in total. The van der Waals surface area contributed by atoms with Gasteiger partial charge in [0.05, 0.1) is 25.3 Å². The Hall–Kier alpha value is -4.06. The van der Waals surface area contributed by atoms with E-state index in [0.29, 0.717) is 19.6 Å². The standard InChI is InChI=1S/C23H22F3N5O4/c1-34-18-3-2-12(24)7-15(18)23(33)29-9-11-6-17(26)14(8-16(11)25)20-19(22(28)32)21(27)31(30-20)13-4-5-35-10-13/h2-3,6-8,13H,4-5,9-10,27H2,1H3,(H2,28,32)(H,29,33). The van der Waals surface area contributed by atoms with Crippen molar-refractivity contribution in [1.29, 1.82) is 0 Å². The fraction of sp³-hybridized carbons (Fsp3) is 0.261. The molecule has 0 saturated carbocycles. The zero-order valence-electron chi connectivity index (χ0n) is 18.6. The van der Waals surface area contributed by atoms with Gasteiger partial charge in [0.1, 0.15) is 40.3 Å². The molecule has 0 bridgehead atoms. The Kier molecular flexibility index (Phi) is 6.65. The molecule has 0 radical (unpaired) electrons. The third-order valence-electron chi connectivity index (χ3n) is 5.68. The molecule has 1 fully saturated rings. The fourth-order valence-electron chi connectivity index (χ4n) is 3.91. The van der Waals surface area contributed by atoms with E-state index < -0.39 is 35.8 Å². The van der Waals surface area contributed by atoms with Gasteiger partial charge in [-0.25, -0.2) is 17.9 Å². The summed E-state index contributed by atoms with van der Waals surface area (Å²) in [6.07, 6.45) is 0.578. The molecule has 5 N–H and O–H groups in total. The topological polar surface area (TPSA) is 134 Å². The van der Waals surface area contributed by atoms with Crippen LogP contribution in [0.1, 0.15) is 38.7 Å². The molecule has 1 saturated heterocycles. The maximum absolute atomic E-state index is 15.1.